The highest BCUT2D eigenvalue weighted by Crippen LogP contribution is 2.25. The lowest BCUT2D eigenvalue weighted by Crippen LogP contribution is -2.00. The lowest BCUT2D eigenvalue weighted by molar-refractivity contribution is 0.759. The van der Waals surface area contributed by atoms with Gasteiger partial charge in [0.1, 0.15) is 5.52 Å². The number of fused-ring (bicyclic) bond motifs is 2. The van der Waals surface area contributed by atoms with Crippen LogP contribution in [-0.2, 0) is 7.05 Å². The number of aromatic nitrogens is 5. The second-order valence-corrected chi connectivity index (χ2v) is 5.95. The first kappa shape index (κ1) is 11.8. The summed E-state index contributed by atoms with van der Waals surface area (Å²) in [5.41, 5.74) is 6.82. The minimum absolute atomic E-state index is 0.681. The van der Waals surface area contributed by atoms with Gasteiger partial charge in [-0.25, -0.2) is 9.67 Å². The normalized spacial score (nSPS) is 11.7. The Kier molecular flexibility index (Phi) is 2.36. The molecule has 0 radical (unpaired) electrons. The number of thiazole rings is 1. The second-order valence-electron chi connectivity index (χ2n) is 4.68. The Balaban J connectivity index is 2.10. The number of hydrogen-bond acceptors (Lipinski definition) is 4. The summed E-state index contributed by atoms with van der Waals surface area (Å²) in [6, 6.07) is 6.16. The quantitative estimate of drug-likeness (QED) is 0.549. The van der Waals surface area contributed by atoms with Crippen LogP contribution in [0.1, 0.15) is 5.69 Å². The van der Waals surface area contributed by atoms with Crippen LogP contribution in [0.4, 0.5) is 0 Å². The molecule has 0 bridgehead atoms. The average Bonchev–Trinajstić information content (AvgIpc) is 3.06. The van der Waals surface area contributed by atoms with E-state index in [1.54, 1.807) is 11.3 Å². The Hall–Kier alpha value is -1.99. The fourth-order valence-corrected chi connectivity index (χ4v) is 3.53. The molecule has 0 saturated carbocycles. The summed E-state index contributed by atoms with van der Waals surface area (Å²) in [6.45, 7) is 1.98. The van der Waals surface area contributed by atoms with E-state index in [0.717, 1.165) is 32.8 Å². The average molecular weight is 301 g/mol. The van der Waals surface area contributed by atoms with Crippen LogP contribution in [0.2, 0.25) is 0 Å². The van der Waals surface area contributed by atoms with Gasteiger partial charge in [-0.3, -0.25) is 4.57 Å². The number of nitrogens with one attached hydrogen (secondary N) is 1. The van der Waals surface area contributed by atoms with Crippen LogP contribution in [0.5, 0.6) is 0 Å². The molecule has 3 heterocycles. The molecule has 0 amide bonds. The molecule has 4 aromatic rings. The number of hydrogen-bond donors (Lipinski definition) is 1. The molecule has 5 nitrogen and oxygen atoms in total. The summed E-state index contributed by atoms with van der Waals surface area (Å²) < 4.78 is 5.70. The lowest BCUT2D eigenvalue weighted by Gasteiger charge is -2.04. The maximum absolute atomic E-state index is 5.46. The van der Waals surface area contributed by atoms with Crippen molar-refractivity contribution in [2.75, 3.05) is 0 Å². The number of rotatable bonds is 1. The largest absolute Gasteiger partial charge is 0.327 e. The zero-order valence-electron chi connectivity index (χ0n) is 10.9. The Labute approximate surface area is 123 Å². The van der Waals surface area contributed by atoms with Crippen LogP contribution in [-0.4, -0.2) is 24.3 Å². The molecule has 4 rings (SSSR count). The topological polar surface area (TPSA) is 51.4 Å². The van der Waals surface area contributed by atoms with Gasteiger partial charge in [-0.15, -0.1) is 11.3 Å². The van der Waals surface area contributed by atoms with Crippen molar-refractivity contribution in [3.05, 3.63) is 34.2 Å². The van der Waals surface area contributed by atoms with Crippen LogP contribution < -0.4 is 0 Å². The van der Waals surface area contributed by atoms with E-state index in [2.05, 4.69) is 21.1 Å². The van der Waals surface area contributed by atoms with E-state index < -0.39 is 0 Å². The monoisotopic (exact) mass is 301 g/mol. The van der Waals surface area contributed by atoms with Crippen LogP contribution in [0.15, 0.2) is 23.7 Å². The molecule has 0 fully saturated rings. The number of imidazole rings is 1. The third-order valence-electron chi connectivity index (χ3n) is 3.41. The third kappa shape index (κ3) is 1.50. The van der Waals surface area contributed by atoms with Gasteiger partial charge in [-0.1, -0.05) is 0 Å². The van der Waals surface area contributed by atoms with Gasteiger partial charge in [0.25, 0.3) is 0 Å². The van der Waals surface area contributed by atoms with E-state index in [1.807, 2.05) is 40.9 Å². The maximum atomic E-state index is 5.46. The minimum atomic E-state index is 0.681. The van der Waals surface area contributed by atoms with E-state index >= 15 is 0 Å². The molecule has 3 aromatic heterocycles. The van der Waals surface area contributed by atoms with Crippen LogP contribution in [0.3, 0.4) is 0 Å². The van der Waals surface area contributed by atoms with Gasteiger partial charge in [0, 0.05) is 7.05 Å². The first-order valence-electron chi connectivity index (χ1n) is 6.13. The molecule has 100 valence electrons. The number of nitrogens with zero attached hydrogens (tertiary/aromatic N) is 4. The highest BCUT2D eigenvalue weighted by molar-refractivity contribution is 7.71. The minimum Gasteiger partial charge on any atom is -0.327 e. The van der Waals surface area contributed by atoms with Gasteiger partial charge in [-0.05, 0) is 37.3 Å². The van der Waals surface area contributed by atoms with Crippen LogP contribution in [0.25, 0.3) is 27.1 Å². The van der Waals surface area contributed by atoms with Crippen molar-refractivity contribution in [1.82, 2.24) is 24.3 Å². The van der Waals surface area contributed by atoms with Gasteiger partial charge in [0.2, 0.25) is 0 Å². The summed E-state index contributed by atoms with van der Waals surface area (Å²) in [6.07, 6.45) is 0. The number of H-pyrrole nitrogens is 1. The predicted molar refractivity (Wildman–Crippen MR) is 83.1 cm³/mol. The van der Waals surface area contributed by atoms with Gasteiger partial charge in [0.15, 0.2) is 10.4 Å². The molecule has 0 unspecified atom stereocenters. The molecule has 0 aliphatic rings. The summed E-state index contributed by atoms with van der Waals surface area (Å²) in [5.74, 6) is 0. The van der Waals surface area contributed by atoms with E-state index in [9.17, 15) is 0 Å². The number of aryl methyl sites for hydroxylation is 2. The molecular weight excluding hydrogens is 290 g/mol. The van der Waals surface area contributed by atoms with Crippen molar-refractivity contribution >= 4 is 44.9 Å². The highest BCUT2D eigenvalue weighted by Gasteiger charge is 2.14. The van der Waals surface area contributed by atoms with E-state index in [-0.39, 0.29) is 0 Å². The molecule has 0 aliphatic carbocycles. The van der Waals surface area contributed by atoms with Crippen molar-refractivity contribution in [3.63, 3.8) is 0 Å². The fourth-order valence-electron chi connectivity index (χ4n) is 2.53. The SMILES string of the molecule is Cc1nn(C)c2c1[nH]c(=S)n2-c1ccc2ncsc2c1. The number of aromatic amines is 1. The molecule has 1 N–H and O–H groups in total. The molecule has 7 heteroatoms. The summed E-state index contributed by atoms with van der Waals surface area (Å²) in [7, 11) is 1.93. The first-order valence-corrected chi connectivity index (χ1v) is 7.42. The molecule has 0 atom stereocenters. The van der Waals surface area contributed by atoms with Crippen molar-refractivity contribution in [2.24, 2.45) is 7.05 Å². The van der Waals surface area contributed by atoms with Crippen LogP contribution >= 0.6 is 23.6 Å². The zero-order chi connectivity index (χ0) is 13.9. The maximum Gasteiger partial charge on any atom is 0.184 e. The van der Waals surface area contributed by atoms with Gasteiger partial charge in [0.05, 0.1) is 27.1 Å². The zero-order valence-corrected chi connectivity index (χ0v) is 12.5. The Morgan fingerprint density at radius 1 is 1.35 bits per heavy atom. The van der Waals surface area contributed by atoms with Crippen LogP contribution in [0, 0.1) is 11.7 Å². The van der Waals surface area contributed by atoms with Crippen molar-refractivity contribution < 1.29 is 0 Å². The molecule has 0 spiro atoms. The van der Waals surface area contributed by atoms with Crippen molar-refractivity contribution in [1.29, 1.82) is 0 Å². The van der Waals surface area contributed by atoms with E-state index in [1.165, 1.54) is 0 Å². The van der Waals surface area contributed by atoms with Gasteiger partial charge < -0.3 is 4.98 Å². The Morgan fingerprint density at radius 2 is 2.20 bits per heavy atom. The molecule has 0 saturated heterocycles. The number of benzene rings is 1. The van der Waals surface area contributed by atoms with Gasteiger partial charge in [-0.2, -0.15) is 5.10 Å². The van der Waals surface area contributed by atoms with E-state index in [0.29, 0.717) is 4.77 Å². The summed E-state index contributed by atoms with van der Waals surface area (Å²) in [5, 5.41) is 4.44. The van der Waals surface area contributed by atoms with Crippen molar-refractivity contribution in [2.45, 2.75) is 6.92 Å². The lowest BCUT2D eigenvalue weighted by atomic mass is 10.3. The van der Waals surface area contributed by atoms with Crippen molar-refractivity contribution in [3.8, 4) is 5.69 Å². The van der Waals surface area contributed by atoms with E-state index in [4.69, 9.17) is 12.2 Å². The Morgan fingerprint density at radius 3 is 3.05 bits per heavy atom. The second kappa shape index (κ2) is 4.00. The molecule has 20 heavy (non-hydrogen) atoms. The first-order chi connectivity index (χ1) is 9.65. The third-order valence-corrected chi connectivity index (χ3v) is 4.49. The molecule has 0 aliphatic heterocycles. The predicted octanol–water partition coefficient (Wildman–Crippen LogP) is 3.34. The Bertz CT molecular complexity index is 1000. The summed E-state index contributed by atoms with van der Waals surface area (Å²) in [4.78, 5) is 7.54. The smallest absolute Gasteiger partial charge is 0.184 e. The summed E-state index contributed by atoms with van der Waals surface area (Å²) >= 11 is 7.09. The molecular formula is C13H11N5S2. The standard InChI is InChI=1S/C13H11N5S2/c1-7-11-12(17(2)16-7)18(13(19)15-11)8-3-4-9-10(5-8)20-6-14-9/h3-6H,1-2H3,(H,15,19). The molecule has 1 aromatic carbocycles. The highest BCUT2D eigenvalue weighted by atomic mass is 32.1. The fraction of sp³-hybridized carbons (Fsp3) is 0.154. The van der Waals surface area contributed by atoms with Gasteiger partial charge >= 0.3 is 0 Å².